The minimum absolute atomic E-state index is 0.236. The highest BCUT2D eigenvalue weighted by atomic mass is 35.5. The molecule has 0 amide bonds. The SMILES string of the molecule is Cn1c(CNc2ccccc2OC(F)(F)F)nc2cc(Cl)ccc21. The molecule has 0 aliphatic carbocycles. The zero-order valence-electron chi connectivity index (χ0n) is 12.6. The number of imidazole rings is 1. The Balaban J connectivity index is 1.83. The molecule has 0 saturated carbocycles. The molecule has 3 aromatic rings. The van der Waals surface area contributed by atoms with Crippen molar-refractivity contribution >= 4 is 28.3 Å². The molecule has 0 saturated heterocycles. The van der Waals surface area contributed by atoms with Crippen molar-refractivity contribution in [2.45, 2.75) is 12.9 Å². The van der Waals surface area contributed by atoms with Crippen molar-refractivity contribution in [3.63, 3.8) is 0 Å². The molecule has 0 unspecified atom stereocenters. The van der Waals surface area contributed by atoms with Crippen LogP contribution >= 0.6 is 11.6 Å². The number of hydrogen-bond donors (Lipinski definition) is 1. The first-order valence-corrected chi connectivity index (χ1v) is 7.41. The molecule has 1 N–H and O–H groups in total. The van der Waals surface area contributed by atoms with E-state index in [-0.39, 0.29) is 18.0 Å². The van der Waals surface area contributed by atoms with E-state index in [4.69, 9.17) is 11.6 Å². The van der Waals surface area contributed by atoms with Gasteiger partial charge in [0.05, 0.1) is 23.3 Å². The van der Waals surface area contributed by atoms with Crippen LogP contribution in [0.15, 0.2) is 42.5 Å². The van der Waals surface area contributed by atoms with Crippen LogP contribution in [0, 0.1) is 0 Å². The highest BCUT2D eigenvalue weighted by molar-refractivity contribution is 6.31. The quantitative estimate of drug-likeness (QED) is 0.735. The monoisotopic (exact) mass is 355 g/mol. The van der Waals surface area contributed by atoms with Crippen LogP contribution in [0.2, 0.25) is 5.02 Å². The second-order valence-corrected chi connectivity index (χ2v) is 5.55. The number of nitrogens with one attached hydrogen (secondary N) is 1. The Bertz CT molecular complexity index is 877. The van der Waals surface area contributed by atoms with Gasteiger partial charge < -0.3 is 14.6 Å². The van der Waals surface area contributed by atoms with Gasteiger partial charge in [-0.3, -0.25) is 0 Å². The highest BCUT2D eigenvalue weighted by Gasteiger charge is 2.32. The van der Waals surface area contributed by atoms with Crippen LogP contribution in [0.25, 0.3) is 11.0 Å². The van der Waals surface area contributed by atoms with Gasteiger partial charge in [0.25, 0.3) is 0 Å². The third-order valence-electron chi connectivity index (χ3n) is 3.49. The molecule has 1 aromatic heterocycles. The lowest BCUT2D eigenvalue weighted by Gasteiger charge is -2.14. The number of para-hydroxylation sites is 2. The molecule has 2 aromatic carbocycles. The topological polar surface area (TPSA) is 39.1 Å². The number of aryl methyl sites for hydroxylation is 1. The van der Waals surface area contributed by atoms with Gasteiger partial charge in [-0.05, 0) is 30.3 Å². The van der Waals surface area contributed by atoms with Crippen molar-refractivity contribution in [1.29, 1.82) is 0 Å². The summed E-state index contributed by atoms with van der Waals surface area (Å²) >= 11 is 5.95. The van der Waals surface area contributed by atoms with E-state index < -0.39 is 6.36 Å². The third kappa shape index (κ3) is 3.56. The predicted molar refractivity (Wildman–Crippen MR) is 86.2 cm³/mol. The fraction of sp³-hybridized carbons (Fsp3) is 0.188. The number of anilines is 1. The van der Waals surface area contributed by atoms with E-state index in [1.54, 1.807) is 18.2 Å². The van der Waals surface area contributed by atoms with Gasteiger partial charge in [0, 0.05) is 12.1 Å². The summed E-state index contributed by atoms with van der Waals surface area (Å²) in [6, 6.07) is 11.2. The van der Waals surface area contributed by atoms with Crippen molar-refractivity contribution in [2.24, 2.45) is 7.05 Å². The third-order valence-corrected chi connectivity index (χ3v) is 3.72. The van der Waals surface area contributed by atoms with Gasteiger partial charge in [-0.1, -0.05) is 23.7 Å². The molecule has 0 fully saturated rings. The zero-order valence-corrected chi connectivity index (χ0v) is 13.3. The lowest BCUT2D eigenvalue weighted by Crippen LogP contribution is -2.18. The number of ether oxygens (including phenoxy) is 1. The van der Waals surface area contributed by atoms with E-state index in [1.807, 2.05) is 17.7 Å². The summed E-state index contributed by atoms with van der Waals surface area (Å²) < 4.78 is 43.2. The summed E-state index contributed by atoms with van der Waals surface area (Å²) in [5.41, 5.74) is 1.84. The fourth-order valence-corrected chi connectivity index (χ4v) is 2.55. The van der Waals surface area contributed by atoms with Gasteiger partial charge >= 0.3 is 6.36 Å². The molecule has 0 atom stereocenters. The van der Waals surface area contributed by atoms with Crippen molar-refractivity contribution < 1.29 is 17.9 Å². The van der Waals surface area contributed by atoms with Gasteiger partial charge in [-0.25, -0.2) is 4.98 Å². The second kappa shape index (κ2) is 6.24. The molecule has 0 spiro atoms. The Morgan fingerprint density at radius 1 is 1.21 bits per heavy atom. The number of alkyl halides is 3. The smallest absolute Gasteiger partial charge is 0.404 e. The highest BCUT2D eigenvalue weighted by Crippen LogP contribution is 2.30. The summed E-state index contributed by atoms with van der Waals surface area (Å²) in [6.07, 6.45) is -4.74. The average molecular weight is 356 g/mol. The van der Waals surface area contributed by atoms with E-state index >= 15 is 0 Å². The summed E-state index contributed by atoms with van der Waals surface area (Å²) in [5.74, 6) is 0.376. The second-order valence-electron chi connectivity index (χ2n) is 5.12. The Morgan fingerprint density at radius 2 is 1.96 bits per heavy atom. The fourth-order valence-electron chi connectivity index (χ4n) is 2.38. The van der Waals surface area contributed by atoms with Gasteiger partial charge in [-0.15, -0.1) is 13.2 Å². The van der Waals surface area contributed by atoms with Crippen LogP contribution in [0.1, 0.15) is 5.82 Å². The van der Waals surface area contributed by atoms with E-state index in [0.29, 0.717) is 10.8 Å². The zero-order chi connectivity index (χ0) is 17.3. The minimum atomic E-state index is -4.74. The number of rotatable bonds is 4. The van der Waals surface area contributed by atoms with Crippen LogP contribution in [0.4, 0.5) is 18.9 Å². The largest absolute Gasteiger partial charge is 0.573 e. The molecule has 3 rings (SSSR count). The lowest BCUT2D eigenvalue weighted by molar-refractivity contribution is -0.274. The molecule has 0 bridgehead atoms. The van der Waals surface area contributed by atoms with E-state index in [9.17, 15) is 13.2 Å². The number of nitrogens with zero attached hydrogens (tertiary/aromatic N) is 2. The van der Waals surface area contributed by atoms with Crippen LogP contribution < -0.4 is 10.1 Å². The Labute approximate surface area is 140 Å². The molecule has 0 aliphatic heterocycles. The van der Waals surface area contributed by atoms with Gasteiger partial charge in [-0.2, -0.15) is 0 Å². The summed E-state index contributed by atoms with van der Waals surface area (Å²) in [4.78, 5) is 4.45. The normalized spacial score (nSPS) is 11.7. The molecule has 4 nitrogen and oxygen atoms in total. The van der Waals surface area contributed by atoms with Crippen LogP contribution in [-0.2, 0) is 13.6 Å². The first-order chi connectivity index (χ1) is 11.3. The molecular formula is C16H13ClF3N3O. The van der Waals surface area contributed by atoms with E-state index in [1.165, 1.54) is 18.2 Å². The van der Waals surface area contributed by atoms with Crippen LogP contribution in [0.5, 0.6) is 5.75 Å². The maximum absolute atomic E-state index is 12.4. The van der Waals surface area contributed by atoms with Gasteiger partial charge in [0.1, 0.15) is 5.82 Å². The standard InChI is InChI=1S/C16H13ClF3N3O/c1-23-13-7-6-10(17)8-12(13)22-15(23)9-21-11-4-2-3-5-14(11)24-16(18,19)20/h2-8,21H,9H2,1H3. The molecule has 126 valence electrons. The first kappa shape index (κ1) is 16.4. The molecule has 1 heterocycles. The first-order valence-electron chi connectivity index (χ1n) is 7.03. The van der Waals surface area contributed by atoms with Gasteiger partial charge in [0.15, 0.2) is 5.75 Å². The number of benzene rings is 2. The lowest BCUT2D eigenvalue weighted by atomic mass is 10.3. The summed E-state index contributed by atoms with van der Waals surface area (Å²) in [6.45, 7) is 0.237. The molecule has 8 heteroatoms. The number of halogens is 4. The minimum Gasteiger partial charge on any atom is -0.404 e. The van der Waals surface area contributed by atoms with Crippen LogP contribution in [-0.4, -0.2) is 15.9 Å². The van der Waals surface area contributed by atoms with Crippen molar-refractivity contribution in [3.05, 3.63) is 53.3 Å². The maximum Gasteiger partial charge on any atom is 0.573 e. The summed E-state index contributed by atoms with van der Waals surface area (Å²) in [7, 11) is 1.83. The predicted octanol–water partition coefficient (Wildman–Crippen LogP) is 4.74. The van der Waals surface area contributed by atoms with E-state index in [2.05, 4.69) is 15.0 Å². The maximum atomic E-state index is 12.4. The average Bonchev–Trinajstić information content (AvgIpc) is 2.80. The molecular weight excluding hydrogens is 343 g/mol. The van der Waals surface area contributed by atoms with E-state index in [0.717, 1.165) is 11.0 Å². The molecule has 24 heavy (non-hydrogen) atoms. The number of fused-ring (bicyclic) bond motifs is 1. The van der Waals surface area contributed by atoms with Crippen LogP contribution in [0.3, 0.4) is 0 Å². The van der Waals surface area contributed by atoms with Crippen molar-refractivity contribution in [1.82, 2.24) is 9.55 Å². The Hall–Kier alpha value is -2.41. The number of aromatic nitrogens is 2. The Morgan fingerprint density at radius 3 is 2.71 bits per heavy atom. The van der Waals surface area contributed by atoms with Gasteiger partial charge in [0.2, 0.25) is 0 Å². The Kier molecular flexibility index (Phi) is 4.28. The molecule has 0 radical (unpaired) electrons. The number of hydrogen-bond acceptors (Lipinski definition) is 3. The van der Waals surface area contributed by atoms with Crippen molar-refractivity contribution in [3.8, 4) is 5.75 Å². The molecule has 0 aliphatic rings. The van der Waals surface area contributed by atoms with Crippen molar-refractivity contribution in [2.75, 3.05) is 5.32 Å². The summed E-state index contributed by atoms with van der Waals surface area (Å²) in [5, 5.41) is 3.50.